The molecule has 94 valence electrons. The number of hydrogen-bond acceptors (Lipinski definition) is 2. The molecule has 5 heteroatoms. The summed E-state index contributed by atoms with van der Waals surface area (Å²) in [5.74, 6) is 0.909. The molecular weight excluding hydrogens is 247 g/mol. The highest BCUT2D eigenvalue weighted by Gasteiger charge is 2.30. The quantitative estimate of drug-likeness (QED) is 0.830. The van der Waals surface area contributed by atoms with Crippen LogP contribution in [-0.4, -0.2) is 17.5 Å². The lowest BCUT2D eigenvalue weighted by Gasteiger charge is -2.27. The van der Waals surface area contributed by atoms with Gasteiger partial charge in [-0.3, -0.25) is 0 Å². The fourth-order valence-electron chi connectivity index (χ4n) is 1.81. The summed E-state index contributed by atoms with van der Waals surface area (Å²) >= 11 is 1.85. The van der Waals surface area contributed by atoms with Crippen LogP contribution >= 0.6 is 11.8 Å². The lowest BCUT2D eigenvalue weighted by molar-refractivity contribution is -0.137. The van der Waals surface area contributed by atoms with Crippen LogP contribution in [0.4, 0.5) is 13.2 Å². The topological polar surface area (TPSA) is 12.0 Å². The van der Waals surface area contributed by atoms with Crippen molar-refractivity contribution in [2.45, 2.75) is 24.4 Å². The predicted molar refractivity (Wildman–Crippen MR) is 64.1 cm³/mol. The fraction of sp³-hybridized carbons (Fsp3) is 0.500. The van der Waals surface area contributed by atoms with E-state index in [-0.39, 0.29) is 6.04 Å². The maximum atomic E-state index is 12.4. The average Bonchev–Trinajstić information content (AvgIpc) is 2.29. The van der Waals surface area contributed by atoms with E-state index < -0.39 is 11.7 Å². The number of nitrogens with one attached hydrogen (secondary N) is 1. The third-order valence-electron chi connectivity index (χ3n) is 2.84. The third-order valence-corrected chi connectivity index (χ3v) is 4.10. The van der Waals surface area contributed by atoms with Crippen molar-refractivity contribution in [3.05, 3.63) is 35.4 Å². The van der Waals surface area contributed by atoms with Crippen molar-refractivity contribution in [2.75, 3.05) is 12.3 Å². The zero-order valence-electron chi connectivity index (χ0n) is 9.42. The van der Waals surface area contributed by atoms with Crippen LogP contribution in [0.1, 0.15) is 24.1 Å². The smallest absolute Gasteiger partial charge is 0.308 e. The van der Waals surface area contributed by atoms with Gasteiger partial charge < -0.3 is 5.32 Å². The molecule has 1 saturated heterocycles. The van der Waals surface area contributed by atoms with E-state index in [0.29, 0.717) is 5.25 Å². The monoisotopic (exact) mass is 261 g/mol. The Hall–Kier alpha value is -0.680. The van der Waals surface area contributed by atoms with Gasteiger partial charge in [0.1, 0.15) is 0 Å². The molecule has 17 heavy (non-hydrogen) atoms. The normalized spacial score (nSPS) is 25.9. The molecule has 2 atom stereocenters. The van der Waals surface area contributed by atoms with Crippen molar-refractivity contribution in [1.82, 2.24) is 5.32 Å². The second-order valence-corrected chi connectivity index (χ2v) is 5.70. The second-order valence-electron chi connectivity index (χ2n) is 4.22. The molecule has 1 fully saturated rings. The minimum absolute atomic E-state index is 0.165. The molecule has 0 aromatic heterocycles. The molecule has 1 aromatic carbocycles. The van der Waals surface area contributed by atoms with Crippen molar-refractivity contribution < 1.29 is 13.2 Å². The Labute approximate surface area is 103 Å². The van der Waals surface area contributed by atoms with E-state index in [4.69, 9.17) is 0 Å². The molecule has 0 bridgehead atoms. The number of hydrogen-bond donors (Lipinski definition) is 1. The van der Waals surface area contributed by atoms with Crippen molar-refractivity contribution in [1.29, 1.82) is 0 Å². The van der Waals surface area contributed by atoms with Gasteiger partial charge in [-0.1, -0.05) is 19.1 Å². The first-order chi connectivity index (χ1) is 7.97. The van der Waals surface area contributed by atoms with Gasteiger partial charge in [-0.15, -0.1) is 0 Å². The van der Waals surface area contributed by atoms with Crippen LogP contribution in [-0.2, 0) is 6.18 Å². The summed E-state index contributed by atoms with van der Waals surface area (Å²) in [5, 5.41) is 3.91. The first-order valence-corrected chi connectivity index (χ1v) is 6.54. The van der Waals surface area contributed by atoms with E-state index in [1.807, 2.05) is 11.8 Å². The summed E-state index contributed by atoms with van der Waals surface area (Å²) in [4.78, 5) is 0. The fourth-order valence-corrected chi connectivity index (χ4v) is 2.85. The van der Waals surface area contributed by atoms with Crippen LogP contribution in [0.25, 0.3) is 0 Å². The van der Waals surface area contributed by atoms with Gasteiger partial charge >= 0.3 is 6.18 Å². The van der Waals surface area contributed by atoms with Crippen molar-refractivity contribution >= 4 is 11.8 Å². The first-order valence-electron chi connectivity index (χ1n) is 5.49. The molecule has 0 aliphatic carbocycles. The van der Waals surface area contributed by atoms with E-state index in [2.05, 4.69) is 12.2 Å². The zero-order valence-corrected chi connectivity index (χ0v) is 10.2. The summed E-state index contributed by atoms with van der Waals surface area (Å²) in [6, 6.07) is 5.60. The largest absolute Gasteiger partial charge is 0.416 e. The third kappa shape index (κ3) is 3.16. The molecule has 1 aliphatic rings. The molecule has 0 radical (unpaired) electrons. The summed E-state index contributed by atoms with van der Waals surface area (Å²) in [5.41, 5.74) is 0.343. The van der Waals surface area contributed by atoms with Gasteiger partial charge in [0.25, 0.3) is 0 Å². The summed E-state index contributed by atoms with van der Waals surface area (Å²) < 4.78 is 37.2. The van der Waals surface area contributed by atoms with Crippen LogP contribution in [0.15, 0.2) is 24.3 Å². The molecule has 0 amide bonds. The van der Waals surface area contributed by atoms with Crippen LogP contribution in [0, 0.1) is 0 Å². The Morgan fingerprint density at radius 3 is 2.35 bits per heavy atom. The number of alkyl halides is 3. The number of benzene rings is 1. The maximum absolute atomic E-state index is 12.4. The minimum atomic E-state index is -4.25. The van der Waals surface area contributed by atoms with Gasteiger partial charge in [-0.2, -0.15) is 24.9 Å². The zero-order chi connectivity index (χ0) is 12.5. The van der Waals surface area contributed by atoms with Gasteiger partial charge in [0.2, 0.25) is 0 Å². The van der Waals surface area contributed by atoms with Crippen molar-refractivity contribution in [3.63, 3.8) is 0 Å². The highest BCUT2D eigenvalue weighted by atomic mass is 32.2. The van der Waals surface area contributed by atoms with E-state index in [1.54, 1.807) is 12.1 Å². The summed E-state index contributed by atoms with van der Waals surface area (Å²) in [6.45, 7) is 3.04. The van der Waals surface area contributed by atoms with E-state index in [9.17, 15) is 13.2 Å². The molecule has 1 aromatic rings. The number of rotatable bonds is 1. The molecule has 1 N–H and O–H groups in total. The predicted octanol–water partition coefficient (Wildman–Crippen LogP) is 3.47. The lowest BCUT2D eigenvalue weighted by Crippen LogP contribution is -2.34. The van der Waals surface area contributed by atoms with Crippen molar-refractivity contribution in [3.8, 4) is 0 Å². The maximum Gasteiger partial charge on any atom is 0.416 e. The minimum Gasteiger partial charge on any atom is -0.308 e. The van der Waals surface area contributed by atoms with E-state index in [1.165, 1.54) is 0 Å². The Morgan fingerprint density at radius 2 is 1.88 bits per heavy atom. The van der Waals surface area contributed by atoms with Gasteiger partial charge in [0.15, 0.2) is 0 Å². The number of thioether (sulfide) groups is 1. The number of halogens is 3. The van der Waals surface area contributed by atoms with Gasteiger partial charge in [0, 0.05) is 23.6 Å². The van der Waals surface area contributed by atoms with Crippen molar-refractivity contribution in [2.24, 2.45) is 0 Å². The van der Waals surface area contributed by atoms with E-state index >= 15 is 0 Å². The van der Waals surface area contributed by atoms with Crippen LogP contribution in [0.5, 0.6) is 0 Å². The standard InChI is InChI=1S/C12H14F3NS/c1-8-6-16-11(7-17-8)9-2-4-10(5-3-9)12(13,14)15/h2-5,8,11,16H,6-7H2,1H3. The molecule has 2 rings (SSSR count). The van der Waals surface area contributed by atoms with Gasteiger partial charge in [-0.05, 0) is 17.7 Å². The SMILES string of the molecule is CC1CNC(c2ccc(C(F)(F)F)cc2)CS1. The molecule has 1 nitrogen and oxygen atoms in total. The van der Waals surface area contributed by atoms with Crippen LogP contribution < -0.4 is 5.32 Å². The highest BCUT2D eigenvalue weighted by molar-refractivity contribution is 8.00. The first kappa shape index (κ1) is 12.8. The molecule has 0 spiro atoms. The molecule has 1 aliphatic heterocycles. The Morgan fingerprint density at radius 1 is 1.24 bits per heavy atom. The average molecular weight is 261 g/mol. The molecular formula is C12H14F3NS. The molecule has 2 unspecified atom stereocenters. The molecule has 0 saturated carbocycles. The highest BCUT2D eigenvalue weighted by Crippen LogP contribution is 2.31. The molecule has 1 heterocycles. The lowest BCUT2D eigenvalue weighted by atomic mass is 10.1. The van der Waals surface area contributed by atoms with Gasteiger partial charge in [0.05, 0.1) is 5.56 Å². The van der Waals surface area contributed by atoms with Gasteiger partial charge in [-0.25, -0.2) is 0 Å². The van der Waals surface area contributed by atoms with Crippen LogP contribution in [0.3, 0.4) is 0 Å². The second kappa shape index (κ2) is 4.90. The van der Waals surface area contributed by atoms with E-state index in [0.717, 1.165) is 30.0 Å². The summed E-state index contributed by atoms with van der Waals surface area (Å²) in [7, 11) is 0. The van der Waals surface area contributed by atoms with Crippen LogP contribution in [0.2, 0.25) is 0 Å². The summed E-state index contributed by atoms with van der Waals surface area (Å²) in [6.07, 6.45) is -4.25. The Bertz CT molecular complexity index is 366. The Balaban J connectivity index is 2.08. The Kier molecular flexibility index (Phi) is 3.68.